The van der Waals surface area contributed by atoms with Crippen molar-refractivity contribution in [3.8, 4) is 5.75 Å². The summed E-state index contributed by atoms with van der Waals surface area (Å²) in [7, 11) is 1.51. The highest BCUT2D eigenvalue weighted by atomic mass is 16.5. The van der Waals surface area contributed by atoms with Crippen LogP contribution in [0.1, 0.15) is 10.4 Å². The number of hydrogen-bond acceptors (Lipinski definition) is 7. The molecule has 1 aromatic carbocycles. The lowest BCUT2D eigenvalue weighted by Gasteiger charge is -2.27. The summed E-state index contributed by atoms with van der Waals surface area (Å²) in [6.45, 7) is 3.45. The Labute approximate surface area is 122 Å². The summed E-state index contributed by atoms with van der Waals surface area (Å²) in [4.78, 5) is 22.1. The molecule has 1 fully saturated rings. The number of aromatic nitrogens is 2. The predicted molar refractivity (Wildman–Crippen MR) is 81.0 cm³/mol. The lowest BCUT2D eigenvalue weighted by atomic mass is 10.1. The minimum absolute atomic E-state index is 0.393. The fourth-order valence-electron chi connectivity index (χ4n) is 2.46. The third-order valence-corrected chi connectivity index (χ3v) is 3.59. The molecular weight excluding hydrogens is 270 g/mol. The van der Waals surface area contributed by atoms with Crippen molar-refractivity contribution in [2.24, 2.45) is 0 Å². The first-order chi connectivity index (χ1) is 10.2. The summed E-state index contributed by atoms with van der Waals surface area (Å²) < 4.78 is 5.18. The van der Waals surface area contributed by atoms with Crippen molar-refractivity contribution in [1.82, 2.24) is 15.3 Å². The van der Waals surface area contributed by atoms with Gasteiger partial charge in [-0.25, -0.2) is 4.98 Å². The van der Waals surface area contributed by atoms with Crippen molar-refractivity contribution in [3.05, 3.63) is 17.7 Å². The number of carbonyl (C=O) groups is 1. The third kappa shape index (κ3) is 2.47. The zero-order chi connectivity index (χ0) is 14.8. The molecule has 2 heterocycles. The molecule has 0 aliphatic carbocycles. The van der Waals surface area contributed by atoms with E-state index in [1.54, 1.807) is 12.1 Å². The maximum atomic E-state index is 11.1. The van der Waals surface area contributed by atoms with Crippen molar-refractivity contribution in [2.45, 2.75) is 0 Å². The Kier molecular flexibility index (Phi) is 3.57. The van der Waals surface area contributed by atoms with Crippen LogP contribution in [-0.4, -0.2) is 49.5 Å². The molecule has 2 aromatic rings. The van der Waals surface area contributed by atoms with E-state index in [0.29, 0.717) is 34.0 Å². The van der Waals surface area contributed by atoms with E-state index >= 15 is 0 Å². The zero-order valence-corrected chi connectivity index (χ0v) is 11.8. The molecule has 110 valence electrons. The van der Waals surface area contributed by atoms with Crippen molar-refractivity contribution in [2.75, 3.05) is 43.9 Å². The molecule has 7 nitrogen and oxygen atoms in total. The average molecular weight is 287 g/mol. The SMILES string of the molecule is COc1cc2c(N)nc(N3CCNCC3)nc2cc1C=O. The number of rotatable bonds is 3. The van der Waals surface area contributed by atoms with Gasteiger partial charge in [0.15, 0.2) is 6.29 Å². The number of aldehydes is 1. The van der Waals surface area contributed by atoms with Gasteiger partial charge < -0.3 is 20.7 Å². The largest absolute Gasteiger partial charge is 0.496 e. The fraction of sp³-hybridized carbons (Fsp3) is 0.357. The molecule has 0 bridgehead atoms. The Morgan fingerprint density at radius 2 is 2.10 bits per heavy atom. The van der Waals surface area contributed by atoms with Crippen LogP contribution in [0.3, 0.4) is 0 Å². The first kappa shape index (κ1) is 13.6. The normalized spacial score (nSPS) is 15.2. The van der Waals surface area contributed by atoms with Gasteiger partial charge in [0.1, 0.15) is 11.6 Å². The second kappa shape index (κ2) is 5.53. The highest BCUT2D eigenvalue weighted by Gasteiger charge is 2.16. The number of methoxy groups -OCH3 is 1. The summed E-state index contributed by atoms with van der Waals surface area (Å²) >= 11 is 0. The monoisotopic (exact) mass is 287 g/mol. The molecule has 1 aliphatic heterocycles. The summed E-state index contributed by atoms with van der Waals surface area (Å²) in [5.74, 6) is 1.47. The lowest BCUT2D eigenvalue weighted by Crippen LogP contribution is -2.44. The maximum Gasteiger partial charge on any atom is 0.227 e. The standard InChI is InChI=1S/C14H17N5O2/c1-21-12-7-10-11(6-9(12)8-20)17-14(18-13(10)15)19-4-2-16-3-5-19/h6-8,16H,2-5H2,1H3,(H2,15,17,18). The fourth-order valence-corrected chi connectivity index (χ4v) is 2.46. The van der Waals surface area contributed by atoms with E-state index < -0.39 is 0 Å². The van der Waals surface area contributed by atoms with Gasteiger partial charge in [0.05, 0.1) is 18.2 Å². The van der Waals surface area contributed by atoms with Crippen LogP contribution in [0.5, 0.6) is 5.75 Å². The topological polar surface area (TPSA) is 93.4 Å². The number of nitrogens with one attached hydrogen (secondary N) is 1. The van der Waals surface area contributed by atoms with E-state index in [1.165, 1.54) is 7.11 Å². The Balaban J connectivity index is 2.11. The van der Waals surface area contributed by atoms with Gasteiger partial charge in [-0.15, -0.1) is 0 Å². The third-order valence-electron chi connectivity index (χ3n) is 3.59. The van der Waals surface area contributed by atoms with Crippen molar-refractivity contribution >= 4 is 29.0 Å². The van der Waals surface area contributed by atoms with Crippen LogP contribution in [-0.2, 0) is 0 Å². The molecule has 0 radical (unpaired) electrons. The number of nitrogens with two attached hydrogens (primary N) is 1. The highest BCUT2D eigenvalue weighted by molar-refractivity contribution is 5.95. The molecule has 0 unspecified atom stereocenters. The van der Waals surface area contributed by atoms with Gasteiger partial charge in [0, 0.05) is 31.6 Å². The van der Waals surface area contributed by atoms with E-state index in [4.69, 9.17) is 10.5 Å². The van der Waals surface area contributed by atoms with E-state index in [-0.39, 0.29) is 0 Å². The van der Waals surface area contributed by atoms with Gasteiger partial charge in [-0.2, -0.15) is 4.98 Å². The van der Waals surface area contributed by atoms with Crippen molar-refractivity contribution in [1.29, 1.82) is 0 Å². The first-order valence-electron chi connectivity index (χ1n) is 6.79. The van der Waals surface area contributed by atoms with Gasteiger partial charge in [0.25, 0.3) is 0 Å². The molecule has 7 heteroatoms. The van der Waals surface area contributed by atoms with Gasteiger partial charge in [-0.05, 0) is 12.1 Å². The van der Waals surface area contributed by atoms with Gasteiger partial charge in [-0.1, -0.05) is 0 Å². The molecule has 3 N–H and O–H groups in total. The number of piperazine rings is 1. The van der Waals surface area contributed by atoms with E-state index in [0.717, 1.165) is 32.5 Å². The van der Waals surface area contributed by atoms with E-state index in [9.17, 15) is 4.79 Å². The lowest BCUT2D eigenvalue weighted by molar-refractivity contribution is 0.112. The molecule has 1 aromatic heterocycles. The van der Waals surface area contributed by atoms with Crippen molar-refractivity contribution in [3.63, 3.8) is 0 Å². The summed E-state index contributed by atoms with van der Waals surface area (Å²) in [6, 6.07) is 3.39. The predicted octanol–water partition coefficient (Wildman–Crippen LogP) is 0.443. The summed E-state index contributed by atoms with van der Waals surface area (Å²) in [5.41, 5.74) is 7.15. The Hall–Kier alpha value is -2.41. The molecule has 0 amide bonds. The van der Waals surface area contributed by atoms with Gasteiger partial charge in [0.2, 0.25) is 5.95 Å². The smallest absolute Gasteiger partial charge is 0.227 e. The average Bonchev–Trinajstić information content (AvgIpc) is 2.54. The van der Waals surface area contributed by atoms with Crippen LogP contribution >= 0.6 is 0 Å². The Bertz CT molecular complexity index is 683. The quantitative estimate of drug-likeness (QED) is 0.791. The molecule has 3 rings (SSSR count). The molecule has 0 spiro atoms. The van der Waals surface area contributed by atoms with Gasteiger partial charge >= 0.3 is 0 Å². The first-order valence-corrected chi connectivity index (χ1v) is 6.79. The van der Waals surface area contributed by atoms with Crippen LogP contribution in [0.2, 0.25) is 0 Å². The molecule has 0 atom stereocenters. The molecule has 21 heavy (non-hydrogen) atoms. The number of ether oxygens (including phenoxy) is 1. The van der Waals surface area contributed by atoms with Gasteiger partial charge in [-0.3, -0.25) is 4.79 Å². The molecular formula is C14H17N5O2. The van der Waals surface area contributed by atoms with Crippen LogP contribution in [0.4, 0.5) is 11.8 Å². The summed E-state index contributed by atoms with van der Waals surface area (Å²) in [6.07, 6.45) is 0.751. The highest BCUT2D eigenvalue weighted by Crippen LogP contribution is 2.28. The van der Waals surface area contributed by atoms with E-state index in [2.05, 4.69) is 20.2 Å². The van der Waals surface area contributed by atoms with Crippen molar-refractivity contribution < 1.29 is 9.53 Å². The Morgan fingerprint density at radius 1 is 1.33 bits per heavy atom. The van der Waals surface area contributed by atoms with Crippen LogP contribution in [0.15, 0.2) is 12.1 Å². The number of carbonyl (C=O) groups excluding carboxylic acids is 1. The second-order valence-corrected chi connectivity index (χ2v) is 4.88. The molecule has 1 saturated heterocycles. The minimum Gasteiger partial charge on any atom is -0.496 e. The van der Waals surface area contributed by atoms with Crippen LogP contribution in [0, 0.1) is 0 Å². The van der Waals surface area contributed by atoms with Crippen LogP contribution in [0.25, 0.3) is 10.9 Å². The van der Waals surface area contributed by atoms with Crippen LogP contribution < -0.4 is 20.7 Å². The maximum absolute atomic E-state index is 11.1. The summed E-state index contributed by atoms with van der Waals surface area (Å²) in [5, 5.41) is 3.97. The number of nitrogens with zero attached hydrogens (tertiary/aromatic N) is 3. The molecule has 1 aliphatic rings. The minimum atomic E-state index is 0.393. The number of nitrogen functional groups attached to an aromatic ring is 1. The second-order valence-electron chi connectivity index (χ2n) is 4.88. The number of anilines is 2. The van der Waals surface area contributed by atoms with E-state index in [1.807, 2.05) is 0 Å². The molecule has 0 saturated carbocycles. The number of fused-ring (bicyclic) bond motifs is 1. The number of benzene rings is 1. The Morgan fingerprint density at radius 3 is 2.76 bits per heavy atom. The zero-order valence-electron chi connectivity index (χ0n) is 11.8. The number of hydrogen-bond donors (Lipinski definition) is 2.